The van der Waals surface area contributed by atoms with E-state index in [4.69, 9.17) is 11.6 Å². The lowest BCUT2D eigenvalue weighted by atomic mass is 10.3. The number of halogens is 1. The Morgan fingerprint density at radius 3 is 2.65 bits per heavy atom. The van der Waals surface area contributed by atoms with Gasteiger partial charge in [-0.1, -0.05) is 17.7 Å². The van der Waals surface area contributed by atoms with Crippen LogP contribution < -0.4 is 4.90 Å². The first-order valence-corrected chi connectivity index (χ1v) is 6.83. The van der Waals surface area contributed by atoms with Crippen molar-refractivity contribution in [3.8, 4) is 0 Å². The molecule has 4 nitrogen and oxygen atoms in total. The molecule has 0 aliphatic carbocycles. The molecule has 102 valence electrons. The van der Waals surface area contributed by atoms with Crippen molar-refractivity contribution in [1.29, 1.82) is 0 Å². The van der Waals surface area contributed by atoms with Crippen LogP contribution in [0.3, 0.4) is 0 Å². The minimum absolute atomic E-state index is 0.0242. The maximum absolute atomic E-state index is 12.4. The zero-order valence-electron chi connectivity index (χ0n) is 10.9. The summed E-state index contributed by atoms with van der Waals surface area (Å²) in [5, 5.41) is 0.674. The van der Waals surface area contributed by atoms with E-state index in [0.717, 1.165) is 17.8 Å². The molecule has 0 bridgehead atoms. The Morgan fingerprint density at radius 1 is 1.15 bits per heavy atom. The van der Waals surface area contributed by atoms with Gasteiger partial charge in [-0.15, -0.1) is 0 Å². The molecule has 2 amide bonds. The molecular weight excluding hydrogens is 274 g/mol. The number of hydrogen-bond donors (Lipinski definition) is 0. The van der Waals surface area contributed by atoms with E-state index in [9.17, 15) is 4.79 Å². The van der Waals surface area contributed by atoms with E-state index in [1.54, 1.807) is 29.4 Å². The van der Waals surface area contributed by atoms with Crippen molar-refractivity contribution >= 4 is 23.3 Å². The summed E-state index contributed by atoms with van der Waals surface area (Å²) < 4.78 is 0. The number of rotatable bonds is 3. The van der Waals surface area contributed by atoms with E-state index in [2.05, 4.69) is 4.98 Å². The summed E-state index contributed by atoms with van der Waals surface area (Å²) >= 11 is 5.87. The smallest absolute Gasteiger partial charge is 0.318 e. The first kappa shape index (κ1) is 12.9. The predicted molar refractivity (Wildman–Crippen MR) is 78.8 cm³/mol. The Balaban J connectivity index is 1.72. The van der Waals surface area contributed by atoms with E-state index in [1.165, 1.54) is 0 Å². The molecule has 1 aromatic carbocycles. The molecule has 1 saturated heterocycles. The van der Waals surface area contributed by atoms with E-state index < -0.39 is 0 Å². The molecule has 0 N–H and O–H groups in total. The third-order valence-corrected chi connectivity index (χ3v) is 3.58. The molecule has 5 heteroatoms. The molecule has 3 rings (SSSR count). The molecule has 1 aromatic heterocycles. The van der Waals surface area contributed by atoms with E-state index in [-0.39, 0.29) is 6.03 Å². The molecule has 0 spiro atoms. The monoisotopic (exact) mass is 287 g/mol. The normalized spacial score (nSPS) is 14.9. The van der Waals surface area contributed by atoms with E-state index in [1.807, 2.05) is 29.2 Å². The van der Waals surface area contributed by atoms with Gasteiger partial charge in [0.2, 0.25) is 0 Å². The lowest BCUT2D eigenvalue weighted by Gasteiger charge is -2.18. The van der Waals surface area contributed by atoms with E-state index >= 15 is 0 Å². The number of pyridine rings is 1. The highest BCUT2D eigenvalue weighted by molar-refractivity contribution is 6.30. The standard InChI is InChI=1S/C15H14ClN3O/c16-13-3-5-14(6-4-13)19-9-8-18(15(19)20)11-12-2-1-7-17-10-12/h1-7,10H,8-9,11H2. The van der Waals surface area contributed by atoms with Crippen LogP contribution in [0.2, 0.25) is 5.02 Å². The second-order valence-corrected chi connectivity index (χ2v) is 5.13. The Bertz CT molecular complexity index is 600. The molecule has 1 aliphatic heterocycles. The van der Waals surface area contributed by atoms with Crippen molar-refractivity contribution < 1.29 is 4.79 Å². The van der Waals surface area contributed by atoms with Gasteiger partial charge in [0.1, 0.15) is 0 Å². The minimum Gasteiger partial charge on any atom is -0.318 e. The second kappa shape index (κ2) is 5.51. The van der Waals surface area contributed by atoms with Crippen molar-refractivity contribution in [2.45, 2.75) is 6.54 Å². The van der Waals surface area contributed by atoms with Gasteiger partial charge in [-0.2, -0.15) is 0 Å². The summed E-state index contributed by atoms with van der Waals surface area (Å²) in [7, 11) is 0. The van der Waals surface area contributed by atoms with Gasteiger partial charge in [-0.3, -0.25) is 9.88 Å². The third kappa shape index (κ3) is 2.60. The fourth-order valence-electron chi connectivity index (χ4n) is 2.30. The van der Waals surface area contributed by atoms with Gasteiger partial charge in [-0.05, 0) is 35.9 Å². The highest BCUT2D eigenvalue weighted by Crippen LogP contribution is 2.23. The molecule has 2 heterocycles. The van der Waals surface area contributed by atoms with Gasteiger partial charge in [0.05, 0.1) is 0 Å². The molecule has 0 unspecified atom stereocenters. The van der Waals surface area contributed by atoms with Gasteiger partial charge < -0.3 is 4.90 Å². The first-order valence-electron chi connectivity index (χ1n) is 6.45. The number of carbonyl (C=O) groups is 1. The van der Waals surface area contributed by atoms with Gasteiger partial charge >= 0.3 is 6.03 Å². The maximum atomic E-state index is 12.4. The summed E-state index contributed by atoms with van der Waals surface area (Å²) in [6.07, 6.45) is 3.52. The van der Waals surface area contributed by atoms with Crippen LogP contribution in [0.5, 0.6) is 0 Å². The fraction of sp³-hybridized carbons (Fsp3) is 0.200. The van der Waals surface area contributed by atoms with Gasteiger partial charge in [0.25, 0.3) is 0 Å². The van der Waals surface area contributed by atoms with Crippen LogP contribution in [-0.4, -0.2) is 29.0 Å². The first-order chi connectivity index (χ1) is 9.74. The third-order valence-electron chi connectivity index (χ3n) is 3.33. The highest BCUT2D eigenvalue weighted by atomic mass is 35.5. The molecule has 2 aromatic rings. The Morgan fingerprint density at radius 2 is 1.95 bits per heavy atom. The number of urea groups is 1. The van der Waals surface area contributed by atoms with Gasteiger partial charge in [0, 0.05) is 42.7 Å². The fourth-order valence-corrected chi connectivity index (χ4v) is 2.43. The highest BCUT2D eigenvalue weighted by Gasteiger charge is 2.29. The number of benzene rings is 1. The maximum Gasteiger partial charge on any atom is 0.324 e. The lowest BCUT2D eigenvalue weighted by molar-refractivity contribution is 0.218. The quantitative estimate of drug-likeness (QED) is 0.869. The average molecular weight is 288 g/mol. The topological polar surface area (TPSA) is 36.4 Å². The number of hydrogen-bond acceptors (Lipinski definition) is 2. The molecule has 0 atom stereocenters. The molecule has 20 heavy (non-hydrogen) atoms. The van der Waals surface area contributed by atoms with Crippen molar-refractivity contribution in [3.63, 3.8) is 0 Å². The van der Waals surface area contributed by atoms with Crippen LogP contribution in [0, 0.1) is 0 Å². The van der Waals surface area contributed by atoms with E-state index in [0.29, 0.717) is 18.1 Å². The minimum atomic E-state index is 0.0242. The van der Waals surface area contributed by atoms with Crippen LogP contribution in [0.4, 0.5) is 10.5 Å². The summed E-state index contributed by atoms with van der Waals surface area (Å²) in [4.78, 5) is 20.1. The second-order valence-electron chi connectivity index (χ2n) is 4.69. The van der Waals surface area contributed by atoms with Crippen LogP contribution in [0.1, 0.15) is 5.56 Å². The van der Waals surface area contributed by atoms with Crippen LogP contribution in [0.25, 0.3) is 0 Å². The van der Waals surface area contributed by atoms with Gasteiger partial charge in [0.15, 0.2) is 0 Å². The van der Waals surface area contributed by atoms with Crippen molar-refractivity contribution in [3.05, 3.63) is 59.4 Å². The molecule has 1 fully saturated rings. The zero-order valence-corrected chi connectivity index (χ0v) is 11.6. The SMILES string of the molecule is O=C1N(Cc2cccnc2)CCN1c1ccc(Cl)cc1. The Hall–Kier alpha value is -2.07. The van der Waals surface area contributed by atoms with Gasteiger partial charge in [-0.25, -0.2) is 4.79 Å². The molecule has 0 radical (unpaired) electrons. The predicted octanol–water partition coefficient (Wildman–Crippen LogP) is 3.18. The number of amides is 2. The van der Waals surface area contributed by atoms with Crippen molar-refractivity contribution in [1.82, 2.24) is 9.88 Å². The van der Waals surface area contributed by atoms with Crippen LogP contribution in [-0.2, 0) is 6.54 Å². The summed E-state index contributed by atoms with van der Waals surface area (Å²) in [6, 6.07) is 11.2. The van der Waals surface area contributed by atoms with Crippen LogP contribution in [0.15, 0.2) is 48.8 Å². The summed E-state index contributed by atoms with van der Waals surface area (Å²) in [6.45, 7) is 2.01. The largest absolute Gasteiger partial charge is 0.324 e. The average Bonchev–Trinajstić information content (AvgIpc) is 2.83. The molecular formula is C15H14ClN3O. The lowest BCUT2D eigenvalue weighted by Crippen LogP contribution is -2.31. The van der Waals surface area contributed by atoms with Crippen molar-refractivity contribution in [2.24, 2.45) is 0 Å². The Kier molecular flexibility index (Phi) is 3.56. The Labute approximate surface area is 122 Å². The number of nitrogens with zero attached hydrogens (tertiary/aromatic N) is 3. The van der Waals surface area contributed by atoms with Crippen molar-refractivity contribution in [2.75, 3.05) is 18.0 Å². The molecule has 0 saturated carbocycles. The van der Waals surface area contributed by atoms with Crippen LogP contribution >= 0.6 is 11.6 Å². The number of carbonyl (C=O) groups excluding carboxylic acids is 1. The molecule has 1 aliphatic rings. The number of anilines is 1. The number of aromatic nitrogens is 1. The zero-order chi connectivity index (χ0) is 13.9. The summed E-state index contributed by atoms with van der Waals surface area (Å²) in [5.74, 6) is 0. The summed E-state index contributed by atoms with van der Waals surface area (Å²) in [5.41, 5.74) is 1.92.